The minimum Gasteiger partial charge on any atom is -0.480 e. The monoisotopic (exact) mass is 829 g/mol. The van der Waals surface area contributed by atoms with Crippen LogP contribution >= 0.6 is 0 Å². The van der Waals surface area contributed by atoms with E-state index < -0.39 is 77.9 Å². The molecule has 0 saturated carbocycles. The van der Waals surface area contributed by atoms with Gasteiger partial charge in [-0.25, -0.2) is 4.79 Å². The molecular formula is C34H68N16O8. The molecule has 23 N–H and O–H groups in total. The molecule has 7 atom stereocenters. The van der Waals surface area contributed by atoms with Crippen LogP contribution < -0.4 is 72.5 Å². The highest BCUT2D eigenvalue weighted by molar-refractivity contribution is 5.96. The molecule has 24 nitrogen and oxygen atoms in total. The third kappa shape index (κ3) is 23.5. The lowest BCUT2D eigenvalue weighted by molar-refractivity contribution is -0.142. The van der Waals surface area contributed by atoms with Crippen LogP contribution in [0, 0.1) is 5.92 Å². The fourth-order valence-electron chi connectivity index (χ4n) is 5.39. The Morgan fingerprint density at radius 2 is 0.931 bits per heavy atom. The van der Waals surface area contributed by atoms with E-state index in [9.17, 15) is 39.0 Å². The Bertz CT molecular complexity index is 1400. The minimum absolute atomic E-state index is 0.0298. The molecule has 0 rings (SSSR count). The molecule has 0 spiro atoms. The number of amides is 5. The van der Waals surface area contributed by atoms with Crippen LogP contribution in [0.5, 0.6) is 0 Å². The van der Waals surface area contributed by atoms with Crippen molar-refractivity contribution < 1.29 is 39.0 Å². The molecule has 332 valence electrons. The first-order chi connectivity index (χ1) is 27.2. The second kappa shape index (κ2) is 28.8. The van der Waals surface area contributed by atoms with Crippen molar-refractivity contribution in [3.05, 3.63) is 0 Å². The van der Waals surface area contributed by atoms with E-state index in [4.69, 9.17) is 45.9 Å². The predicted molar refractivity (Wildman–Crippen MR) is 219 cm³/mol. The van der Waals surface area contributed by atoms with Crippen LogP contribution in [0.3, 0.4) is 0 Å². The number of carbonyl (C=O) groups is 6. The van der Waals surface area contributed by atoms with Crippen LogP contribution in [0.4, 0.5) is 0 Å². The third-order valence-electron chi connectivity index (χ3n) is 8.43. The first-order valence-corrected chi connectivity index (χ1v) is 19.2. The fraction of sp³-hybridized carbons (Fsp3) is 0.735. The molecule has 0 fully saturated rings. The van der Waals surface area contributed by atoms with Crippen LogP contribution in [0.2, 0.25) is 0 Å². The van der Waals surface area contributed by atoms with Crippen molar-refractivity contribution in [3.63, 3.8) is 0 Å². The van der Waals surface area contributed by atoms with Gasteiger partial charge >= 0.3 is 5.97 Å². The van der Waals surface area contributed by atoms with Crippen LogP contribution in [0.25, 0.3) is 0 Å². The van der Waals surface area contributed by atoms with Gasteiger partial charge in [0.2, 0.25) is 29.5 Å². The average Bonchev–Trinajstić information content (AvgIpc) is 3.12. The Morgan fingerprint density at radius 3 is 1.34 bits per heavy atom. The van der Waals surface area contributed by atoms with E-state index in [-0.39, 0.29) is 88.4 Å². The quantitative estimate of drug-likeness (QED) is 0.0182. The summed E-state index contributed by atoms with van der Waals surface area (Å²) >= 11 is 0. The number of aliphatic carboxylic acids is 1. The summed E-state index contributed by atoms with van der Waals surface area (Å²) in [6.07, 6.45) is 0.709. The average molecular weight is 829 g/mol. The summed E-state index contributed by atoms with van der Waals surface area (Å²) in [5, 5.41) is 33.0. The number of carboxylic acids is 1. The molecule has 0 aliphatic heterocycles. The van der Waals surface area contributed by atoms with Gasteiger partial charge in [0.05, 0.1) is 12.1 Å². The summed E-state index contributed by atoms with van der Waals surface area (Å²) in [4.78, 5) is 91.0. The number of aliphatic hydroxyl groups is 1. The highest BCUT2D eigenvalue weighted by Crippen LogP contribution is 2.10. The van der Waals surface area contributed by atoms with Crippen molar-refractivity contribution in [1.82, 2.24) is 26.6 Å². The molecule has 24 heteroatoms. The van der Waals surface area contributed by atoms with Gasteiger partial charge in [0, 0.05) is 19.6 Å². The molecular weight excluding hydrogens is 760 g/mol. The Labute approximate surface area is 338 Å². The van der Waals surface area contributed by atoms with Crippen LogP contribution in [0.15, 0.2) is 15.0 Å². The largest absolute Gasteiger partial charge is 0.480 e. The molecule has 0 bridgehead atoms. The van der Waals surface area contributed by atoms with E-state index >= 15 is 0 Å². The van der Waals surface area contributed by atoms with Gasteiger partial charge in [0.25, 0.3) is 0 Å². The van der Waals surface area contributed by atoms with Gasteiger partial charge in [0.15, 0.2) is 17.9 Å². The lowest BCUT2D eigenvalue weighted by Crippen LogP contribution is -2.61. The second-order valence-corrected chi connectivity index (χ2v) is 14.2. The molecule has 0 aromatic carbocycles. The number of aliphatic imine (C=N–C) groups is 3. The van der Waals surface area contributed by atoms with Crippen molar-refractivity contribution >= 4 is 53.4 Å². The Morgan fingerprint density at radius 1 is 0.534 bits per heavy atom. The molecule has 0 unspecified atom stereocenters. The Kier molecular flexibility index (Phi) is 26.1. The normalized spacial score (nSPS) is 14.5. The molecule has 0 aliphatic rings. The standard InChI is InChI=1S/C34H68N16O8/c1-18(2)17-24(29(55)47-21(10-6-14-43-32(37)38)27(53)48-23(31(57)58)12-8-16-45-34(41)42)49-30(56)25(19(3)51)50-28(54)22(11-7-15-44-33(39)40)46-26(52)20(36)9-4-5-13-35/h18-25,51H,4-17,35-36H2,1-3H3,(H,46,52)(H,47,55)(H,48,53)(H,49,56)(H,50,54)(H,57,58)(H4,37,38,43)(H4,39,40,44)(H4,41,42,45)/t19-,20+,21-,22-,23+,24-,25+/m0/s1. The number of guanidine groups is 3. The van der Waals surface area contributed by atoms with E-state index in [1.165, 1.54) is 6.92 Å². The number of aliphatic hydroxyl groups excluding tert-OH is 1. The van der Waals surface area contributed by atoms with Gasteiger partial charge in [-0.3, -0.25) is 38.9 Å². The number of unbranched alkanes of at least 4 members (excludes halogenated alkanes) is 1. The maximum Gasteiger partial charge on any atom is 0.326 e. The van der Waals surface area contributed by atoms with Gasteiger partial charge in [-0.15, -0.1) is 0 Å². The van der Waals surface area contributed by atoms with Crippen LogP contribution in [-0.4, -0.2) is 132 Å². The van der Waals surface area contributed by atoms with E-state index in [1.54, 1.807) is 13.8 Å². The van der Waals surface area contributed by atoms with Crippen molar-refractivity contribution in [2.45, 2.75) is 127 Å². The zero-order chi connectivity index (χ0) is 44.4. The van der Waals surface area contributed by atoms with Crippen LogP contribution in [0.1, 0.15) is 85.0 Å². The smallest absolute Gasteiger partial charge is 0.326 e. The summed E-state index contributed by atoms with van der Waals surface area (Å²) in [5.41, 5.74) is 43.8. The molecule has 0 aromatic heterocycles. The summed E-state index contributed by atoms with van der Waals surface area (Å²) in [6, 6.07) is -7.73. The van der Waals surface area contributed by atoms with E-state index in [2.05, 4.69) is 41.6 Å². The highest BCUT2D eigenvalue weighted by Gasteiger charge is 2.34. The maximum absolute atomic E-state index is 13.8. The molecule has 0 heterocycles. The molecule has 58 heavy (non-hydrogen) atoms. The number of hydrogen-bond donors (Lipinski definition) is 15. The molecule has 5 amide bonds. The van der Waals surface area contributed by atoms with Crippen molar-refractivity contribution in [2.24, 2.45) is 66.8 Å². The van der Waals surface area contributed by atoms with Gasteiger partial charge in [-0.05, 0) is 77.2 Å². The van der Waals surface area contributed by atoms with E-state index in [0.29, 0.717) is 25.8 Å². The van der Waals surface area contributed by atoms with Gasteiger partial charge in [-0.1, -0.05) is 20.3 Å². The number of carbonyl (C=O) groups excluding carboxylic acids is 5. The molecule has 0 radical (unpaired) electrons. The first-order valence-electron chi connectivity index (χ1n) is 19.2. The van der Waals surface area contributed by atoms with E-state index in [1.807, 2.05) is 0 Å². The minimum atomic E-state index is -1.61. The molecule has 0 aromatic rings. The number of carboxylic acid groups (broad SMARTS) is 1. The van der Waals surface area contributed by atoms with Crippen molar-refractivity contribution in [3.8, 4) is 0 Å². The lowest BCUT2D eigenvalue weighted by atomic mass is 10.0. The topological polar surface area (TPSA) is 448 Å². The Balaban J connectivity index is 6.25. The van der Waals surface area contributed by atoms with Gasteiger partial charge in [0.1, 0.15) is 30.2 Å². The summed E-state index contributed by atoms with van der Waals surface area (Å²) in [5.74, 6) is -6.11. The van der Waals surface area contributed by atoms with Crippen LogP contribution in [-0.2, 0) is 28.8 Å². The summed E-state index contributed by atoms with van der Waals surface area (Å²) in [6.45, 7) is 5.53. The Hall–Kier alpha value is -5.49. The fourth-order valence-corrected chi connectivity index (χ4v) is 5.39. The van der Waals surface area contributed by atoms with Gasteiger partial charge in [-0.2, -0.15) is 0 Å². The summed E-state index contributed by atoms with van der Waals surface area (Å²) in [7, 11) is 0. The lowest BCUT2D eigenvalue weighted by Gasteiger charge is -2.28. The number of nitrogens with zero attached hydrogens (tertiary/aromatic N) is 3. The second-order valence-electron chi connectivity index (χ2n) is 14.2. The van der Waals surface area contributed by atoms with E-state index in [0.717, 1.165) is 0 Å². The molecule has 0 saturated heterocycles. The molecule has 0 aliphatic carbocycles. The number of hydrogen-bond acceptors (Lipinski definition) is 12. The zero-order valence-corrected chi connectivity index (χ0v) is 33.8. The zero-order valence-electron chi connectivity index (χ0n) is 33.8. The maximum atomic E-state index is 13.8. The van der Waals surface area contributed by atoms with Gasteiger partial charge < -0.3 is 82.7 Å². The van der Waals surface area contributed by atoms with Crippen molar-refractivity contribution in [2.75, 3.05) is 26.2 Å². The third-order valence-corrected chi connectivity index (χ3v) is 8.43. The predicted octanol–water partition coefficient (Wildman–Crippen LogP) is -5.46. The SMILES string of the molecule is CC(C)C[C@H](NC(=O)[C@H](NC(=O)[C@H](CCCN=C(N)N)NC(=O)[C@H](N)CCCCN)[C@H](C)O)C(=O)N[C@@H](CCCN=C(N)N)C(=O)N[C@H](CCCN=C(N)N)C(=O)O. The number of nitrogens with two attached hydrogens (primary N) is 8. The first kappa shape index (κ1) is 52.5. The summed E-state index contributed by atoms with van der Waals surface area (Å²) < 4.78 is 0. The van der Waals surface area contributed by atoms with Crippen molar-refractivity contribution in [1.29, 1.82) is 0 Å². The number of nitrogens with one attached hydrogen (secondary N) is 5. The number of rotatable bonds is 30. The highest BCUT2D eigenvalue weighted by atomic mass is 16.4.